The highest BCUT2D eigenvalue weighted by atomic mass is 19.1. The first-order valence-corrected chi connectivity index (χ1v) is 12.6. The first kappa shape index (κ1) is 23.9. The van der Waals surface area contributed by atoms with Crippen molar-refractivity contribution in [3.8, 4) is 22.9 Å². The predicted molar refractivity (Wildman–Crippen MR) is 148 cm³/mol. The fourth-order valence-electron chi connectivity index (χ4n) is 5.42. The molecule has 0 saturated carbocycles. The first-order chi connectivity index (χ1) is 18.4. The number of nitrogens with zero attached hydrogens (tertiary/aromatic N) is 6. The lowest BCUT2D eigenvalue weighted by Crippen LogP contribution is -2.44. The predicted octanol–water partition coefficient (Wildman–Crippen LogP) is 4.73. The van der Waals surface area contributed by atoms with Gasteiger partial charge in [0.1, 0.15) is 11.9 Å². The number of likely N-dealkylation sites (N-methyl/N-ethyl adjacent to an activating group) is 1. The molecule has 0 unspecified atom stereocenters. The second kappa shape index (κ2) is 9.12. The van der Waals surface area contributed by atoms with Crippen molar-refractivity contribution in [2.24, 2.45) is 7.05 Å². The molecule has 0 spiro atoms. The molecule has 2 aromatic heterocycles. The summed E-state index contributed by atoms with van der Waals surface area (Å²) in [6, 6.07) is 18.8. The zero-order valence-corrected chi connectivity index (χ0v) is 21.7. The van der Waals surface area contributed by atoms with Gasteiger partial charge in [-0.25, -0.2) is 4.39 Å². The molecule has 1 aliphatic heterocycles. The average molecular weight is 506 g/mol. The van der Waals surface area contributed by atoms with Gasteiger partial charge in [0.15, 0.2) is 0 Å². The highest BCUT2D eigenvalue weighted by Gasteiger charge is 2.21. The van der Waals surface area contributed by atoms with Gasteiger partial charge < -0.3 is 14.4 Å². The normalized spacial score (nSPS) is 14.3. The van der Waals surface area contributed by atoms with E-state index in [-0.39, 0.29) is 11.4 Å². The SMILES string of the molecule is Cc1cc(N2CCN(C)CC2)c(C#N)cc1-n1c(=N)n(C)c2cnc3ccc(-c4cccc(F)c4)cc3c21. The van der Waals surface area contributed by atoms with Gasteiger partial charge in [-0.3, -0.25) is 15.0 Å². The maximum absolute atomic E-state index is 14.0. The van der Waals surface area contributed by atoms with Crippen molar-refractivity contribution in [1.82, 2.24) is 19.0 Å². The van der Waals surface area contributed by atoms with Gasteiger partial charge in [-0.2, -0.15) is 5.26 Å². The molecule has 6 rings (SSSR count). The summed E-state index contributed by atoms with van der Waals surface area (Å²) in [6.07, 6.45) is 1.78. The molecule has 0 bridgehead atoms. The standard InChI is InChI=1S/C30H28FN7/c1-19-13-27(37-11-9-35(2)10-12-37)22(17-32)16-26(19)38-29-24-15-21(20-5-4-6-23(31)14-20)7-8-25(24)34-18-28(29)36(3)30(38)33/h4-8,13-16,18,33H,9-12H2,1-3H3. The molecule has 5 aromatic rings. The fourth-order valence-corrected chi connectivity index (χ4v) is 5.42. The molecular formula is C30H28FN7. The van der Waals surface area contributed by atoms with Crippen molar-refractivity contribution in [2.75, 3.05) is 38.1 Å². The first-order valence-electron chi connectivity index (χ1n) is 12.6. The number of aryl methyl sites for hydroxylation is 2. The Hall–Kier alpha value is -4.48. The van der Waals surface area contributed by atoms with E-state index in [0.717, 1.165) is 76.2 Å². The zero-order chi connectivity index (χ0) is 26.6. The van der Waals surface area contributed by atoms with Crippen molar-refractivity contribution >= 4 is 27.6 Å². The minimum absolute atomic E-state index is 0.282. The Labute approximate surface area is 220 Å². The third kappa shape index (κ3) is 3.83. The van der Waals surface area contributed by atoms with Crippen molar-refractivity contribution in [2.45, 2.75) is 6.92 Å². The van der Waals surface area contributed by atoms with Crippen LogP contribution < -0.4 is 10.5 Å². The third-order valence-corrected chi connectivity index (χ3v) is 7.61. The summed E-state index contributed by atoms with van der Waals surface area (Å²) >= 11 is 0. The topological polar surface area (TPSA) is 76.9 Å². The Bertz CT molecular complexity index is 1820. The molecule has 1 saturated heterocycles. The molecule has 0 atom stereocenters. The Morgan fingerprint density at radius 3 is 2.45 bits per heavy atom. The van der Waals surface area contributed by atoms with Gasteiger partial charge in [0.25, 0.3) is 0 Å². The van der Waals surface area contributed by atoms with Crippen LogP contribution in [0, 0.1) is 29.5 Å². The van der Waals surface area contributed by atoms with Crippen LogP contribution in [0.5, 0.6) is 0 Å². The molecule has 0 amide bonds. The lowest BCUT2D eigenvalue weighted by Gasteiger charge is -2.34. The number of nitriles is 1. The Morgan fingerprint density at radius 2 is 1.71 bits per heavy atom. The van der Waals surface area contributed by atoms with Crippen LogP contribution in [0.25, 0.3) is 38.8 Å². The molecule has 1 aliphatic rings. The summed E-state index contributed by atoms with van der Waals surface area (Å²) in [5.41, 5.74) is 7.65. The summed E-state index contributed by atoms with van der Waals surface area (Å²) in [5, 5.41) is 20.0. The molecule has 38 heavy (non-hydrogen) atoms. The second-order valence-corrected chi connectivity index (χ2v) is 10.0. The molecule has 1 N–H and O–H groups in total. The van der Waals surface area contributed by atoms with E-state index in [1.807, 2.05) is 48.9 Å². The molecule has 7 nitrogen and oxygen atoms in total. The summed E-state index contributed by atoms with van der Waals surface area (Å²) in [4.78, 5) is 9.22. The van der Waals surface area contributed by atoms with E-state index in [4.69, 9.17) is 5.41 Å². The number of pyridine rings is 1. The van der Waals surface area contributed by atoms with Crippen LogP contribution >= 0.6 is 0 Å². The minimum Gasteiger partial charge on any atom is -0.368 e. The molecule has 0 aliphatic carbocycles. The summed E-state index contributed by atoms with van der Waals surface area (Å²) in [6.45, 7) is 5.67. The van der Waals surface area contributed by atoms with Crippen molar-refractivity contribution in [3.63, 3.8) is 0 Å². The quantitative estimate of drug-likeness (QED) is 0.385. The monoisotopic (exact) mass is 505 g/mol. The molecule has 3 aromatic carbocycles. The van der Waals surface area contributed by atoms with Crippen LogP contribution in [0.3, 0.4) is 0 Å². The van der Waals surface area contributed by atoms with Crippen molar-refractivity contribution < 1.29 is 4.39 Å². The smallest absolute Gasteiger partial charge is 0.207 e. The van der Waals surface area contributed by atoms with Gasteiger partial charge in [0.2, 0.25) is 5.62 Å². The van der Waals surface area contributed by atoms with Gasteiger partial charge in [-0.05, 0) is 67.1 Å². The molecule has 190 valence electrons. The number of nitrogens with one attached hydrogen (secondary N) is 1. The van der Waals surface area contributed by atoms with Gasteiger partial charge in [0.05, 0.1) is 39.7 Å². The number of piperazine rings is 1. The number of anilines is 1. The summed E-state index contributed by atoms with van der Waals surface area (Å²) in [7, 11) is 3.97. The van der Waals surface area contributed by atoms with Gasteiger partial charge >= 0.3 is 0 Å². The molecule has 0 radical (unpaired) electrons. The summed E-state index contributed by atoms with van der Waals surface area (Å²) < 4.78 is 17.7. The minimum atomic E-state index is -0.290. The number of aromatic nitrogens is 3. The van der Waals surface area contributed by atoms with Crippen LogP contribution in [0.1, 0.15) is 11.1 Å². The van der Waals surface area contributed by atoms with Crippen LogP contribution in [0.15, 0.2) is 60.8 Å². The van der Waals surface area contributed by atoms with Crippen LogP contribution in [-0.4, -0.2) is 52.2 Å². The van der Waals surface area contributed by atoms with Crippen LogP contribution in [-0.2, 0) is 7.05 Å². The summed E-state index contributed by atoms with van der Waals surface area (Å²) in [5.74, 6) is -0.290. The zero-order valence-electron chi connectivity index (χ0n) is 21.7. The van der Waals surface area contributed by atoms with E-state index in [9.17, 15) is 9.65 Å². The number of hydrogen-bond acceptors (Lipinski definition) is 5. The molecule has 3 heterocycles. The maximum atomic E-state index is 14.0. The van der Waals surface area contributed by atoms with Crippen LogP contribution in [0.2, 0.25) is 0 Å². The van der Waals surface area contributed by atoms with Crippen molar-refractivity contribution in [3.05, 3.63) is 83.4 Å². The number of fused-ring (bicyclic) bond motifs is 3. The number of rotatable bonds is 3. The highest BCUT2D eigenvalue weighted by Crippen LogP contribution is 2.33. The average Bonchev–Trinajstić information content (AvgIpc) is 3.18. The largest absolute Gasteiger partial charge is 0.368 e. The Kier molecular flexibility index (Phi) is 5.73. The van der Waals surface area contributed by atoms with E-state index in [1.54, 1.807) is 16.8 Å². The molecule has 1 fully saturated rings. The second-order valence-electron chi connectivity index (χ2n) is 10.0. The van der Waals surface area contributed by atoms with Crippen molar-refractivity contribution in [1.29, 1.82) is 10.7 Å². The van der Waals surface area contributed by atoms with E-state index in [1.165, 1.54) is 12.1 Å². The highest BCUT2D eigenvalue weighted by molar-refractivity contribution is 6.04. The maximum Gasteiger partial charge on any atom is 0.207 e. The number of hydrogen-bond donors (Lipinski definition) is 1. The molecular weight excluding hydrogens is 477 g/mol. The number of halogens is 1. The Morgan fingerprint density at radius 1 is 0.947 bits per heavy atom. The third-order valence-electron chi connectivity index (χ3n) is 7.61. The number of benzene rings is 3. The Balaban J connectivity index is 1.59. The fraction of sp³-hybridized carbons (Fsp3) is 0.233. The lowest BCUT2D eigenvalue weighted by molar-refractivity contribution is 0.313. The van der Waals surface area contributed by atoms with E-state index in [0.29, 0.717) is 5.56 Å². The van der Waals surface area contributed by atoms with Gasteiger partial charge in [-0.15, -0.1) is 0 Å². The lowest BCUT2D eigenvalue weighted by atomic mass is 10.0. The molecule has 8 heteroatoms. The van der Waals surface area contributed by atoms with E-state index >= 15 is 0 Å². The van der Waals surface area contributed by atoms with E-state index in [2.05, 4.69) is 34.0 Å². The van der Waals surface area contributed by atoms with Gasteiger partial charge in [-0.1, -0.05) is 18.2 Å². The number of imidazole rings is 1. The van der Waals surface area contributed by atoms with Crippen LogP contribution in [0.4, 0.5) is 10.1 Å². The van der Waals surface area contributed by atoms with E-state index < -0.39 is 0 Å². The van der Waals surface area contributed by atoms with Gasteiger partial charge in [0, 0.05) is 38.6 Å².